The maximum atomic E-state index is 11.9. The number of hydrogen-bond acceptors (Lipinski definition) is 5. The fourth-order valence-corrected chi connectivity index (χ4v) is 1.93. The predicted octanol–water partition coefficient (Wildman–Crippen LogP) is 2.71. The van der Waals surface area contributed by atoms with E-state index in [1.165, 1.54) is 13.3 Å². The molecule has 0 aliphatic heterocycles. The molecule has 1 rings (SSSR count). The van der Waals surface area contributed by atoms with E-state index in [0.29, 0.717) is 42.6 Å². The lowest BCUT2D eigenvalue weighted by Crippen LogP contribution is -2.26. The number of nitriles is 1. The number of carbonyl (C=O) groups excluding carboxylic acids is 1. The lowest BCUT2D eigenvalue weighted by Gasteiger charge is -2.07. The summed E-state index contributed by atoms with van der Waals surface area (Å²) in [6.07, 6.45) is 2.04. The Labute approximate surface area is 141 Å². The SMILES string of the molecule is CCOCCCNC(=O)/C(C#N)=C\Nc1ccc(OC)c(Cl)c1. The Morgan fingerprint density at radius 1 is 1.48 bits per heavy atom. The minimum atomic E-state index is -0.434. The van der Waals surface area contributed by atoms with Gasteiger partial charge in [-0.25, -0.2) is 0 Å². The van der Waals surface area contributed by atoms with Crippen molar-refractivity contribution < 1.29 is 14.3 Å². The van der Waals surface area contributed by atoms with Crippen LogP contribution in [0.4, 0.5) is 5.69 Å². The van der Waals surface area contributed by atoms with E-state index in [4.69, 9.17) is 26.3 Å². The molecule has 2 N–H and O–H groups in total. The second-order valence-electron chi connectivity index (χ2n) is 4.47. The highest BCUT2D eigenvalue weighted by Gasteiger charge is 2.08. The number of anilines is 1. The number of ether oxygens (including phenoxy) is 2. The molecule has 6 nitrogen and oxygen atoms in total. The summed E-state index contributed by atoms with van der Waals surface area (Å²) in [5.41, 5.74) is 0.626. The second kappa shape index (κ2) is 10.5. The number of benzene rings is 1. The van der Waals surface area contributed by atoms with Crippen molar-refractivity contribution in [3.05, 3.63) is 35.0 Å². The van der Waals surface area contributed by atoms with Gasteiger partial charge in [-0.2, -0.15) is 5.26 Å². The van der Waals surface area contributed by atoms with Crippen LogP contribution in [0.15, 0.2) is 30.0 Å². The number of hydrogen-bond donors (Lipinski definition) is 2. The van der Waals surface area contributed by atoms with Crippen molar-refractivity contribution in [2.24, 2.45) is 0 Å². The molecule has 1 aromatic rings. The highest BCUT2D eigenvalue weighted by molar-refractivity contribution is 6.32. The first-order valence-electron chi connectivity index (χ1n) is 7.18. The zero-order valence-electron chi connectivity index (χ0n) is 13.2. The Bertz CT molecular complexity index is 597. The van der Waals surface area contributed by atoms with Crippen LogP contribution >= 0.6 is 11.6 Å². The van der Waals surface area contributed by atoms with E-state index in [0.717, 1.165) is 0 Å². The number of nitrogens with zero attached hydrogens (tertiary/aromatic N) is 1. The third kappa shape index (κ3) is 6.59. The van der Waals surface area contributed by atoms with Gasteiger partial charge in [-0.1, -0.05) is 11.6 Å². The fraction of sp³-hybridized carbons (Fsp3) is 0.375. The summed E-state index contributed by atoms with van der Waals surface area (Å²) >= 11 is 6.01. The quantitative estimate of drug-likeness (QED) is 0.411. The van der Waals surface area contributed by atoms with Crippen molar-refractivity contribution in [3.63, 3.8) is 0 Å². The molecule has 0 atom stereocenters. The van der Waals surface area contributed by atoms with Crippen molar-refractivity contribution in [2.45, 2.75) is 13.3 Å². The average molecular weight is 338 g/mol. The Balaban J connectivity index is 2.56. The molecule has 0 saturated heterocycles. The molecule has 23 heavy (non-hydrogen) atoms. The summed E-state index contributed by atoms with van der Waals surface area (Å²) in [4.78, 5) is 11.9. The molecule has 0 unspecified atom stereocenters. The summed E-state index contributed by atoms with van der Waals surface area (Å²) in [5.74, 6) is 0.116. The minimum Gasteiger partial charge on any atom is -0.495 e. The monoisotopic (exact) mass is 337 g/mol. The van der Waals surface area contributed by atoms with Crippen LogP contribution in [0.1, 0.15) is 13.3 Å². The molecule has 0 heterocycles. The Morgan fingerprint density at radius 2 is 2.26 bits per heavy atom. The Morgan fingerprint density at radius 3 is 2.87 bits per heavy atom. The summed E-state index contributed by atoms with van der Waals surface area (Å²) in [6.45, 7) is 3.58. The normalized spacial score (nSPS) is 10.8. The van der Waals surface area contributed by atoms with Crippen LogP contribution < -0.4 is 15.4 Å². The molecule has 0 bridgehead atoms. The first-order valence-corrected chi connectivity index (χ1v) is 7.56. The third-order valence-corrected chi connectivity index (χ3v) is 3.15. The topological polar surface area (TPSA) is 83.4 Å². The van der Waals surface area contributed by atoms with E-state index in [1.54, 1.807) is 18.2 Å². The maximum absolute atomic E-state index is 11.9. The van der Waals surface area contributed by atoms with Crippen LogP contribution in [-0.2, 0) is 9.53 Å². The summed E-state index contributed by atoms with van der Waals surface area (Å²) in [7, 11) is 1.53. The van der Waals surface area contributed by atoms with Gasteiger partial charge in [0, 0.05) is 31.6 Å². The van der Waals surface area contributed by atoms with E-state index in [1.807, 2.05) is 13.0 Å². The van der Waals surface area contributed by atoms with Crippen LogP contribution in [0.5, 0.6) is 5.75 Å². The van der Waals surface area contributed by atoms with E-state index < -0.39 is 5.91 Å². The van der Waals surface area contributed by atoms with Crippen LogP contribution in [-0.4, -0.2) is 32.8 Å². The van der Waals surface area contributed by atoms with Gasteiger partial charge in [-0.3, -0.25) is 4.79 Å². The largest absolute Gasteiger partial charge is 0.495 e. The fourth-order valence-electron chi connectivity index (χ4n) is 1.68. The third-order valence-electron chi connectivity index (χ3n) is 2.86. The molecule has 0 aromatic heterocycles. The molecular formula is C16H20ClN3O3. The van der Waals surface area contributed by atoms with Gasteiger partial charge in [-0.05, 0) is 31.5 Å². The molecule has 0 fully saturated rings. The van der Waals surface area contributed by atoms with E-state index in [2.05, 4.69) is 10.6 Å². The van der Waals surface area contributed by atoms with Crippen molar-refractivity contribution in [3.8, 4) is 11.8 Å². The molecular weight excluding hydrogens is 318 g/mol. The van der Waals surface area contributed by atoms with E-state index in [-0.39, 0.29) is 5.57 Å². The van der Waals surface area contributed by atoms with Crippen LogP contribution in [0.2, 0.25) is 5.02 Å². The molecule has 1 amide bonds. The predicted molar refractivity (Wildman–Crippen MR) is 89.4 cm³/mol. The molecule has 1 aromatic carbocycles. The summed E-state index contributed by atoms with van der Waals surface area (Å²) in [6, 6.07) is 6.93. The van der Waals surface area contributed by atoms with E-state index in [9.17, 15) is 4.79 Å². The standard InChI is InChI=1S/C16H20ClN3O3/c1-3-23-8-4-7-19-16(21)12(10-18)11-20-13-5-6-15(22-2)14(17)9-13/h5-6,9,11,20H,3-4,7-8H2,1-2H3,(H,19,21)/b12-11-. The van der Waals surface area contributed by atoms with Gasteiger partial charge in [0.25, 0.3) is 5.91 Å². The first-order chi connectivity index (χ1) is 11.1. The molecule has 124 valence electrons. The Hall–Kier alpha value is -2.23. The number of methoxy groups -OCH3 is 1. The number of carbonyl (C=O) groups is 1. The van der Waals surface area contributed by atoms with Crippen LogP contribution in [0, 0.1) is 11.3 Å². The summed E-state index contributed by atoms with van der Waals surface area (Å²) < 4.78 is 10.2. The molecule has 0 radical (unpaired) electrons. The zero-order valence-corrected chi connectivity index (χ0v) is 13.9. The van der Waals surface area contributed by atoms with E-state index >= 15 is 0 Å². The van der Waals surface area contributed by atoms with Crippen molar-refractivity contribution in [2.75, 3.05) is 32.2 Å². The van der Waals surface area contributed by atoms with Gasteiger partial charge < -0.3 is 20.1 Å². The number of rotatable bonds is 9. The molecule has 0 spiro atoms. The van der Waals surface area contributed by atoms with Crippen molar-refractivity contribution in [1.29, 1.82) is 5.26 Å². The minimum absolute atomic E-state index is 0.0200. The number of amides is 1. The number of halogens is 1. The van der Waals surface area contributed by atoms with Crippen molar-refractivity contribution >= 4 is 23.2 Å². The van der Waals surface area contributed by atoms with Gasteiger partial charge in [0.05, 0.1) is 12.1 Å². The highest BCUT2D eigenvalue weighted by Crippen LogP contribution is 2.27. The van der Waals surface area contributed by atoms with Crippen LogP contribution in [0.25, 0.3) is 0 Å². The van der Waals surface area contributed by atoms with Gasteiger partial charge >= 0.3 is 0 Å². The first kappa shape index (κ1) is 18.8. The molecule has 0 saturated carbocycles. The molecule has 0 aliphatic carbocycles. The zero-order chi connectivity index (χ0) is 17.1. The smallest absolute Gasteiger partial charge is 0.263 e. The molecule has 0 aliphatic rings. The maximum Gasteiger partial charge on any atom is 0.263 e. The van der Waals surface area contributed by atoms with Crippen LogP contribution in [0.3, 0.4) is 0 Å². The Kier molecular flexibility index (Phi) is 8.58. The van der Waals surface area contributed by atoms with Crippen molar-refractivity contribution in [1.82, 2.24) is 5.32 Å². The van der Waals surface area contributed by atoms with Gasteiger partial charge in [0.1, 0.15) is 17.4 Å². The lowest BCUT2D eigenvalue weighted by molar-refractivity contribution is -0.117. The van der Waals surface area contributed by atoms with Gasteiger partial charge in [0.15, 0.2) is 0 Å². The average Bonchev–Trinajstić information content (AvgIpc) is 2.55. The van der Waals surface area contributed by atoms with Gasteiger partial charge in [0.2, 0.25) is 0 Å². The number of nitrogens with one attached hydrogen (secondary N) is 2. The highest BCUT2D eigenvalue weighted by atomic mass is 35.5. The second-order valence-corrected chi connectivity index (χ2v) is 4.88. The summed E-state index contributed by atoms with van der Waals surface area (Å²) in [5, 5.41) is 15.0. The van der Waals surface area contributed by atoms with Gasteiger partial charge in [-0.15, -0.1) is 0 Å². The lowest BCUT2D eigenvalue weighted by atomic mass is 10.2. The molecule has 7 heteroatoms.